The van der Waals surface area contributed by atoms with Crippen LogP contribution in [0.5, 0.6) is 5.75 Å². The molecule has 0 unspecified atom stereocenters. The van der Waals surface area contributed by atoms with E-state index in [0.29, 0.717) is 6.54 Å². The molecular formula is C18H18FNO. The molecule has 3 heteroatoms. The molecule has 108 valence electrons. The van der Waals surface area contributed by atoms with E-state index in [-0.39, 0.29) is 11.9 Å². The van der Waals surface area contributed by atoms with Gasteiger partial charge < -0.3 is 9.30 Å². The minimum Gasteiger partial charge on any atom is -0.491 e. The van der Waals surface area contributed by atoms with Crippen LogP contribution in [0, 0.1) is 5.82 Å². The Labute approximate surface area is 123 Å². The summed E-state index contributed by atoms with van der Waals surface area (Å²) >= 11 is 0. The van der Waals surface area contributed by atoms with Gasteiger partial charge in [0, 0.05) is 23.6 Å². The van der Waals surface area contributed by atoms with Crippen molar-refractivity contribution in [3.8, 4) is 5.75 Å². The first-order valence-corrected chi connectivity index (χ1v) is 7.12. The summed E-state index contributed by atoms with van der Waals surface area (Å²) in [5, 5.41) is 1.13. The topological polar surface area (TPSA) is 14.2 Å². The third-order valence-electron chi connectivity index (χ3n) is 3.36. The molecular weight excluding hydrogens is 265 g/mol. The van der Waals surface area contributed by atoms with E-state index in [9.17, 15) is 4.39 Å². The van der Waals surface area contributed by atoms with Crippen LogP contribution < -0.4 is 4.74 Å². The molecule has 1 aromatic heterocycles. The highest BCUT2D eigenvalue weighted by molar-refractivity contribution is 5.81. The van der Waals surface area contributed by atoms with Crippen molar-refractivity contribution < 1.29 is 9.13 Å². The second-order valence-corrected chi connectivity index (χ2v) is 5.46. The SMILES string of the molecule is CC(C)Oc1ccc2c(ccn2Cc2cccc(F)c2)c1. The van der Waals surface area contributed by atoms with Crippen molar-refractivity contribution in [3.63, 3.8) is 0 Å². The number of nitrogens with zero attached hydrogens (tertiary/aromatic N) is 1. The number of hydrogen-bond acceptors (Lipinski definition) is 1. The summed E-state index contributed by atoms with van der Waals surface area (Å²) in [5.74, 6) is 0.678. The first-order chi connectivity index (χ1) is 10.1. The van der Waals surface area contributed by atoms with Crippen molar-refractivity contribution in [3.05, 3.63) is 66.1 Å². The molecule has 2 nitrogen and oxygen atoms in total. The molecule has 0 radical (unpaired) electrons. The largest absolute Gasteiger partial charge is 0.491 e. The summed E-state index contributed by atoms with van der Waals surface area (Å²) in [6.45, 7) is 4.68. The van der Waals surface area contributed by atoms with E-state index < -0.39 is 0 Å². The second kappa shape index (κ2) is 5.60. The zero-order valence-electron chi connectivity index (χ0n) is 12.2. The standard InChI is InChI=1S/C18H18FNO/c1-13(2)21-17-6-7-18-15(11-17)8-9-20(18)12-14-4-3-5-16(19)10-14/h3-11,13H,12H2,1-2H3. The Kier molecular flexibility index (Phi) is 3.65. The number of rotatable bonds is 4. The molecule has 0 aliphatic carbocycles. The van der Waals surface area contributed by atoms with E-state index in [1.54, 1.807) is 12.1 Å². The summed E-state index contributed by atoms with van der Waals surface area (Å²) in [5.41, 5.74) is 2.07. The Morgan fingerprint density at radius 2 is 1.95 bits per heavy atom. The van der Waals surface area contributed by atoms with Crippen molar-refractivity contribution in [2.24, 2.45) is 0 Å². The van der Waals surface area contributed by atoms with Gasteiger partial charge in [-0.1, -0.05) is 12.1 Å². The molecule has 0 saturated carbocycles. The van der Waals surface area contributed by atoms with E-state index in [1.165, 1.54) is 6.07 Å². The number of hydrogen-bond donors (Lipinski definition) is 0. The van der Waals surface area contributed by atoms with Crippen molar-refractivity contribution >= 4 is 10.9 Å². The van der Waals surface area contributed by atoms with Crippen molar-refractivity contribution in [1.82, 2.24) is 4.57 Å². The van der Waals surface area contributed by atoms with E-state index in [1.807, 2.05) is 44.3 Å². The maximum absolute atomic E-state index is 13.3. The van der Waals surface area contributed by atoms with E-state index >= 15 is 0 Å². The van der Waals surface area contributed by atoms with Crippen molar-refractivity contribution in [2.45, 2.75) is 26.5 Å². The summed E-state index contributed by atoms with van der Waals surface area (Å²) in [6, 6.07) is 14.8. The van der Waals surface area contributed by atoms with Crippen LogP contribution in [0.1, 0.15) is 19.4 Å². The lowest BCUT2D eigenvalue weighted by Gasteiger charge is -2.10. The van der Waals surface area contributed by atoms with Crippen LogP contribution in [-0.4, -0.2) is 10.7 Å². The average molecular weight is 283 g/mol. The fourth-order valence-corrected chi connectivity index (χ4v) is 2.49. The molecule has 0 amide bonds. The fourth-order valence-electron chi connectivity index (χ4n) is 2.49. The fraction of sp³-hybridized carbons (Fsp3) is 0.222. The smallest absolute Gasteiger partial charge is 0.123 e. The van der Waals surface area contributed by atoms with Crippen LogP contribution in [0.15, 0.2) is 54.7 Å². The lowest BCUT2D eigenvalue weighted by molar-refractivity contribution is 0.243. The molecule has 0 aliphatic heterocycles. The van der Waals surface area contributed by atoms with Gasteiger partial charge in [-0.3, -0.25) is 0 Å². The second-order valence-electron chi connectivity index (χ2n) is 5.46. The molecule has 1 heterocycles. The average Bonchev–Trinajstić information content (AvgIpc) is 2.81. The van der Waals surface area contributed by atoms with Crippen LogP contribution in [-0.2, 0) is 6.54 Å². The van der Waals surface area contributed by atoms with Gasteiger partial charge in [-0.2, -0.15) is 0 Å². The van der Waals surface area contributed by atoms with Gasteiger partial charge >= 0.3 is 0 Å². The zero-order chi connectivity index (χ0) is 14.8. The first kappa shape index (κ1) is 13.7. The summed E-state index contributed by atoms with van der Waals surface area (Å²) < 4.78 is 21.1. The lowest BCUT2D eigenvalue weighted by atomic mass is 10.2. The highest BCUT2D eigenvalue weighted by Crippen LogP contribution is 2.23. The van der Waals surface area contributed by atoms with Crippen molar-refractivity contribution in [2.75, 3.05) is 0 Å². The lowest BCUT2D eigenvalue weighted by Crippen LogP contribution is -2.05. The Morgan fingerprint density at radius 3 is 2.71 bits per heavy atom. The predicted octanol–water partition coefficient (Wildman–Crippen LogP) is 4.62. The monoisotopic (exact) mass is 283 g/mol. The zero-order valence-corrected chi connectivity index (χ0v) is 12.2. The highest BCUT2D eigenvalue weighted by atomic mass is 19.1. The van der Waals surface area contributed by atoms with Gasteiger partial charge in [-0.15, -0.1) is 0 Å². The molecule has 0 bridgehead atoms. The number of benzene rings is 2. The Balaban J connectivity index is 1.90. The van der Waals surface area contributed by atoms with Crippen molar-refractivity contribution in [1.29, 1.82) is 0 Å². The van der Waals surface area contributed by atoms with Crippen LogP contribution in [0.3, 0.4) is 0 Å². The van der Waals surface area contributed by atoms with Crippen LogP contribution in [0.2, 0.25) is 0 Å². The van der Waals surface area contributed by atoms with Gasteiger partial charge in [0.2, 0.25) is 0 Å². The Morgan fingerprint density at radius 1 is 1.10 bits per heavy atom. The molecule has 3 rings (SSSR count). The molecule has 0 fully saturated rings. The summed E-state index contributed by atoms with van der Waals surface area (Å²) in [6.07, 6.45) is 2.19. The summed E-state index contributed by atoms with van der Waals surface area (Å²) in [4.78, 5) is 0. The molecule has 0 spiro atoms. The van der Waals surface area contributed by atoms with E-state index in [0.717, 1.165) is 22.2 Å². The van der Waals surface area contributed by atoms with E-state index in [4.69, 9.17) is 4.74 Å². The predicted molar refractivity (Wildman–Crippen MR) is 83.2 cm³/mol. The summed E-state index contributed by atoms with van der Waals surface area (Å²) in [7, 11) is 0. The number of fused-ring (bicyclic) bond motifs is 1. The third kappa shape index (κ3) is 3.07. The maximum Gasteiger partial charge on any atom is 0.123 e. The van der Waals surface area contributed by atoms with Gasteiger partial charge in [-0.05, 0) is 55.8 Å². The molecule has 0 aliphatic rings. The number of aromatic nitrogens is 1. The molecule has 0 N–H and O–H groups in total. The maximum atomic E-state index is 13.3. The van der Waals surface area contributed by atoms with Gasteiger partial charge in [-0.25, -0.2) is 4.39 Å². The Bertz CT molecular complexity index is 761. The number of halogens is 1. The molecule has 3 aromatic rings. The van der Waals surface area contributed by atoms with Crippen LogP contribution in [0.25, 0.3) is 10.9 Å². The van der Waals surface area contributed by atoms with Crippen LogP contribution >= 0.6 is 0 Å². The normalized spacial score (nSPS) is 11.2. The van der Waals surface area contributed by atoms with Crippen LogP contribution in [0.4, 0.5) is 4.39 Å². The molecule has 21 heavy (non-hydrogen) atoms. The molecule has 0 saturated heterocycles. The van der Waals surface area contributed by atoms with Gasteiger partial charge in [0.15, 0.2) is 0 Å². The minimum atomic E-state index is -0.198. The first-order valence-electron chi connectivity index (χ1n) is 7.12. The Hall–Kier alpha value is -2.29. The third-order valence-corrected chi connectivity index (χ3v) is 3.36. The molecule has 2 aromatic carbocycles. The van der Waals surface area contributed by atoms with Gasteiger partial charge in [0.05, 0.1) is 6.10 Å². The minimum absolute atomic E-state index is 0.164. The van der Waals surface area contributed by atoms with Gasteiger partial charge in [0.1, 0.15) is 11.6 Å². The molecule has 0 atom stereocenters. The number of ether oxygens (including phenoxy) is 1. The quantitative estimate of drug-likeness (QED) is 0.681. The van der Waals surface area contributed by atoms with E-state index in [2.05, 4.69) is 10.6 Å². The highest BCUT2D eigenvalue weighted by Gasteiger charge is 2.05. The van der Waals surface area contributed by atoms with Gasteiger partial charge in [0.25, 0.3) is 0 Å².